The Morgan fingerprint density at radius 2 is 1.24 bits per heavy atom. The predicted molar refractivity (Wildman–Crippen MR) is 103 cm³/mol. The van der Waals surface area contributed by atoms with E-state index in [1.165, 1.54) is 5.56 Å². The molecule has 1 aromatic rings. The quantitative estimate of drug-likeness (QED) is 0.464. The molecule has 0 N–H and O–H groups in total. The van der Waals surface area contributed by atoms with Crippen LogP contribution in [0.5, 0.6) is 0 Å². The Balaban J connectivity index is 0.000000609. The highest BCUT2D eigenvalue weighted by Gasteiger charge is 2.23. The van der Waals surface area contributed by atoms with E-state index < -0.39 is 15.9 Å². The van der Waals surface area contributed by atoms with Gasteiger partial charge in [-0.05, 0) is 45.2 Å². The summed E-state index contributed by atoms with van der Waals surface area (Å²) < 4.78 is 42.4. The smallest absolute Gasteiger partial charge is 0.311 e. The van der Waals surface area contributed by atoms with E-state index in [1.54, 1.807) is 13.8 Å². The third kappa shape index (κ3) is 11.7. The van der Waals surface area contributed by atoms with Gasteiger partial charge in [-0.25, -0.2) is 0 Å². The first kappa shape index (κ1) is 24.5. The number of benzene rings is 1. The lowest BCUT2D eigenvalue weighted by Crippen LogP contribution is -1.99. The van der Waals surface area contributed by atoms with E-state index in [-0.39, 0.29) is 0 Å². The van der Waals surface area contributed by atoms with Gasteiger partial charge in [0.1, 0.15) is 0 Å². The highest BCUT2D eigenvalue weighted by Crippen LogP contribution is 2.51. The second-order valence-corrected chi connectivity index (χ2v) is 8.02. The molecular weight excluding hydrogens is 362 g/mol. The molecule has 0 fully saturated rings. The lowest BCUT2D eigenvalue weighted by atomic mass is 10.1. The topological polar surface area (TPSA) is 71.1 Å². The zero-order valence-electron chi connectivity index (χ0n) is 15.9. The number of aryl methyl sites for hydroxylation is 1. The van der Waals surface area contributed by atoms with Gasteiger partial charge in [-0.1, -0.05) is 31.2 Å². The van der Waals surface area contributed by atoms with E-state index in [2.05, 4.69) is 28.1 Å². The van der Waals surface area contributed by atoms with E-state index >= 15 is 0 Å². The number of rotatable bonds is 11. The fraction of sp³-hybridized carbons (Fsp3) is 0.647. The van der Waals surface area contributed by atoms with Crippen molar-refractivity contribution in [1.82, 2.24) is 0 Å². The van der Waals surface area contributed by atoms with Crippen LogP contribution >= 0.6 is 15.9 Å². The normalized spacial score (nSPS) is 11.3. The van der Waals surface area contributed by atoms with Crippen molar-refractivity contribution in [2.75, 3.05) is 26.4 Å². The first-order chi connectivity index (χ1) is 11.9. The summed E-state index contributed by atoms with van der Waals surface area (Å²) in [6, 6.07) is 8.09. The van der Waals surface area contributed by atoms with Crippen molar-refractivity contribution >= 4 is 15.9 Å². The average molecular weight is 394 g/mol. The van der Waals surface area contributed by atoms with Crippen LogP contribution in [0.2, 0.25) is 0 Å². The molecule has 25 heavy (non-hydrogen) atoms. The van der Waals surface area contributed by atoms with Gasteiger partial charge in [0.05, 0.1) is 32.6 Å². The van der Waals surface area contributed by atoms with E-state index in [4.69, 9.17) is 9.05 Å². The molecule has 0 heterocycles. The molecule has 6 nitrogen and oxygen atoms in total. The summed E-state index contributed by atoms with van der Waals surface area (Å²) in [4.78, 5) is 0. The van der Waals surface area contributed by atoms with Crippen LogP contribution in [0.3, 0.4) is 0 Å². The Bertz CT molecular complexity index is 500. The van der Waals surface area contributed by atoms with Crippen molar-refractivity contribution in [3.8, 4) is 0 Å². The predicted octanol–water partition coefficient (Wildman–Crippen LogP) is 5.46. The van der Waals surface area contributed by atoms with Gasteiger partial charge in [-0.3, -0.25) is 9.13 Å². The summed E-state index contributed by atoms with van der Waals surface area (Å²) in [5.41, 5.74) is 2.27. The second-order valence-electron chi connectivity index (χ2n) is 4.89. The molecule has 0 amide bonds. The van der Waals surface area contributed by atoms with Crippen molar-refractivity contribution in [2.24, 2.45) is 0 Å². The molecule has 0 saturated heterocycles. The van der Waals surface area contributed by atoms with Crippen molar-refractivity contribution < 1.29 is 27.2 Å². The maximum Gasteiger partial charge on any atom is 0.335 e. The summed E-state index contributed by atoms with van der Waals surface area (Å²) in [5.74, 6) is 0. The summed E-state index contributed by atoms with van der Waals surface area (Å²) in [7, 11) is -5.11. The van der Waals surface area contributed by atoms with Gasteiger partial charge in [-0.2, -0.15) is 0 Å². The minimum absolute atomic E-state index is 0.346. The van der Waals surface area contributed by atoms with Gasteiger partial charge < -0.3 is 18.1 Å². The molecule has 0 aliphatic carbocycles. The average Bonchev–Trinajstić information content (AvgIpc) is 2.57. The zero-order valence-corrected chi connectivity index (χ0v) is 17.8. The number of hydrogen-bond donors (Lipinski definition) is 0. The standard InChI is InChI=1S/C13H21O3P.C4H11O3P/c1-4-12-7-9-13(10-8-12)11-17(14,15-5-2)16-6-3;1-3-6-8(5)7-4-2/h7-10H,4-6,11H2,1-3H3;8H,3-4H2,1-2H3. The molecule has 8 heteroatoms. The van der Waals surface area contributed by atoms with Crippen LogP contribution in [0.25, 0.3) is 0 Å². The Labute approximate surface area is 152 Å². The summed E-state index contributed by atoms with van der Waals surface area (Å²) in [6.45, 7) is 11.0. The molecule has 0 radical (unpaired) electrons. The van der Waals surface area contributed by atoms with Crippen LogP contribution in [0, 0.1) is 0 Å². The van der Waals surface area contributed by atoms with E-state index in [0.29, 0.717) is 32.6 Å². The zero-order chi connectivity index (χ0) is 19.1. The van der Waals surface area contributed by atoms with E-state index in [0.717, 1.165) is 12.0 Å². The Kier molecular flexibility index (Phi) is 14.4. The van der Waals surface area contributed by atoms with Gasteiger partial charge in [-0.15, -0.1) is 0 Å². The van der Waals surface area contributed by atoms with Crippen LogP contribution in [0.1, 0.15) is 45.7 Å². The fourth-order valence-electron chi connectivity index (χ4n) is 1.90. The molecule has 146 valence electrons. The first-order valence-electron chi connectivity index (χ1n) is 8.70. The maximum absolute atomic E-state index is 12.3. The second kappa shape index (κ2) is 14.7. The molecule has 0 aromatic heterocycles. The van der Waals surface area contributed by atoms with Crippen LogP contribution in [0.4, 0.5) is 0 Å². The molecule has 0 saturated carbocycles. The SMILES string of the molecule is CCOP(=O)(Cc1ccc(CC)cc1)OCC.CCO[PH](=O)OCC. The first-order valence-corrected chi connectivity index (χ1v) is 11.6. The van der Waals surface area contributed by atoms with Crippen LogP contribution < -0.4 is 0 Å². The molecule has 0 unspecified atom stereocenters. The molecular formula is C17H32O6P2. The van der Waals surface area contributed by atoms with Crippen molar-refractivity contribution in [3.63, 3.8) is 0 Å². The van der Waals surface area contributed by atoms with Gasteiger partial charge >= 0.3 is 15.9 Å². The van der Waals surface area contributed by atoms with Gasteiger partial charge in [0, 0.05) is 0 Å². The summed E-state index contributed by atoms with van der Waals surface area (Å²) in [6.07, 6.45) is 1.35. The van der Waals surface area contributed by atoms with Crippen LogP contribution in [-0.2, 0) is 39.8 Å². The molecule has 1 aromatic carbocycles. The molecule has 0 spiro atoms. The van der Waals surface area contributed by atoms with Crippen molar-refractivity contribution in [1.29, 1.82) is 0 Å². The Hall–Kier alpha value is -0.480. The van der Waals surface area contributed by atoms with E-state index in [9.17, 15) is 9.13 Å². The highest BCUT2D eigenvalue weighted by atomic mass is 31.2. The molecule has 0 atom stereocenters. The Morgan fingerprint density at radius 3 is 1.60 bits per heavy atom. The number of hydrogen-bond acceptors (Lipinski definition) is 6. The van der Waals surface area contributed by atoms with Gasteiger partial charge in [0.15, 0.2) is 0 Å². The lowest BCUT2D eigenvalue weighted by molar-refractivity contribution is 0.219. The molecule has 0 aliphatic heterocycles. The third-order valence-corrected chi connectivity index (χ3v) is 6.09. The van der Waals surface area contributed by atoms with Crippen LogP contribution in [0.15, 0.2) is 24.3 Å². The largest absolute Gasteiger partial charge is 0.335 e. The van der Waals surface area contributed by atoms with Crippen LogP contribution in [-0.4, -0.2) is 26.4 Å². The maximum atomic E-state index is 12.3. The van der Waals surface area contributed by atoms with E-state index in [1.807, 2.05) is 26.0 Å². The Morgan fingerprint density at radius 1 is 0.800 bits per heavy atom. The summed E-state index contributed by atoms with van der Waals surface area (Å²) in [5, 5.41) is 0. The molecule has 0 bridgehead atoms. The fourth-order valence-corrected chi connectivity index (χ4v) is 4.16. The van der Waals surface area contributed by atoms with Crippen molar-refractivity contribution in [3.05, 3.63) is 35.4 Å². The van der Waals surface area contributed by atoms with Gasteiger partial charge in [0.25, 0.3) is 0 Å². The monoisotopic (exact) mass is 394 g/mol. The highest BCUT2D eigenvalue weighted by molar-refractivity contribution is 7.53. The minimum atomic E-state index is -2.96. The lowest BCUT2D eigenvalue weighted by Gasteiger charge is -2.17. The third-order valence-electron chi connectivity index (χ3n) is 2.98. The summed E-state index contributed by atoms with van der Waals surface area (Å²) >= 11 is 0. The molecule has 0 aliphatic rings. The van der Waals surface area contributed by atoms with Crippen molar-refractivity contribution in [2.45, 2.75) is 47.2 Å². The molecule has 1 rings (SSSR count). The minimum Gasteiger partial charge on any atom is -0.311 e. The van der Waals surface area contributed by atoms with Gasteiger partial charge in [0.2, 0.25) is 0 Å².